The van der Waals surface area contributed by atoms with Crippen LogP contribution in [0.3, 0.4) is 0 Å². The summed E-state index contributed by atoms with van der Waals surface area (Å²) in [6.07, 6.45) is 46.4. The second-order valence-electron chi connectivity index (χ2n) is 25.0. The molecule has 17 atom stereocenters. The molecule has 19 heteroatoms. The van der Waals surface area contributed by atoms with E-state index in [1.165, 1.54) is 116 Å². The molecule has 3 heterocycles. The van der Waals surface area contributed by atoms with E-state index in [9.17, 15) is 61.0 Å². The molecular formula is C74H125NO18. The number of unbranched alkanes of at least 4 members (excludes halogenated alkanes) is 21. The molecule has 0 aromatic carbocycles. The summed E-state index contributed by atoms with van der Waals surface area (Å²) in [6, 6.07) is -1.03. The van der Waals surface area contributed by atoms with Gasteiger partial charge in [-0.3, -0.25) is 4.79 Å². The molecule has 0 aromatic rings. The molecule has 19 nitrogen and oxygen atoms in total. The maximum absolute atomic E-state index is 13.4. The van der Waals surface area contributed by atoms with Gasteiger partial charge in [0.2, 0.25) is 5.91 Å². The third-order valence-corrected chi connectivity index (χ3v) is 17.1. The Kier molecular flexibility index (Phi) is 49.0. The first-order valence-electron chi connectivity index (χ1n) is 35.6. The summed E-state index contributed by atoms with van der Waals surface area (Å²) in [6.45, 7) is 1.56. The summed E-state index contributed by atoms with van der Waals surface area (Å²) < 4.78 is 34.3. The summed E-state index contributed by atoms with van der Waals surface area (Å²) in [5, 5.41) is 121. The highest BCUT2D eigenvalue weighted by atomic mass is 16.8. The normalized spacial score (nSPS) is 28.2. The van der Waals surface area contributed by atoms with Gasteiger partial charge in [0, 0.05) is 6.42 Å². The van der Waals surface area contributed by atoms with Crippen LogP contribution in [0.5, 0.6) is 0 Å². The minimum Gasteiger partial charge on any atom is -0.394 e. The standard InChI is InChI=1S/C74H125NO18/c1-3-5-7-9-11-13-15-17-19-21-23-25-27-28-30-31-33-35-37-39-41-43-45-47-49-51-58(79)57(75-62(80)52-50-48-46-44-42-40-38-36-34-32-29-26-24-22-20-18-16-14-12-10-8-6-4-2)56-88-72-68(86)65(83)70(60(54-77)90-72)93-74-69(87)66(84)71(61(55-78)91-74)92-73-67(85)64(82)63(81)59(53-76)89-73/h6,8,12,14,18,20,24,26,32,34,38,40-41,43-44,46,49,51,57-61,63-74,76-79,81-87H,3-5,7,9-11,13,15-17,19,21-23,25,27-31,33,35-37,39,42,45,47-48,50,52-56H2,1-2H3,(H,75,80)/b8-6-,14-12-,20-18-,26-24-,34-32-,40-38-,43-41+,46-44-,51-49+. The maximum Gasteiger partial charge on any atom is 0.220 e. The highest BCUT2D eigenvalue weighted by molar-refractivity contribution is 5.76. The Labute approximate surface area is 557 Å². The molecule has 1 amide bonds. The van der Waals surface area contributed by atoms with Crippen molar-refractivity contribution in [2.24, 2.45) is 0 Å². The fraction of sp³-hybridized carbons (Fsp3) is 0.743. The van der Waals surface area contributed by atoms with Gasteiger partial charge in [0.15, 0.2) is 18.9 Å². The van der Waals surface area contributed by atoms with Crippen LogP contribution in [-0.4, -0.2) is 193 Å². The van der Waals surface area contributed by atoms with Gasteiger partial charge in [-0.05, 0) is 83.5 Å². The van der Waals surface area contributed by atoms with Gasteiger partial charge in [0.25, 0.3) is 0 Å². The second kappa shape index (κ2) is 54.5. The molecule has 3 aliphatic rings. The zero-order valence-electron chi connectivity index (χ0n) is 56.4. The lowest BCUT2D eigenvalue weighted by Gasteiger charge is -2.48. The molecule has 3 rings (SSSR count). The maximum atomic E-state index is 13.4. The highest BCUT2D eigenvalue weighted by Crippen LogP contribution is 2.33. The quantitative estimate of drug-likeness (QED) is 0.0199. The zero-order chi connectivity index (χ0) is 67.5. The lowest BCUT2D eigenvalue weighted by Crippen LogP contribution is -2.66. The fourth-order valence-corrected chi connectivity index (χ4v) is 11.3. The van der Waals surface area contributed by atoms with Crippen molar-refractivity contribution < 1.29 is 89.4 Å². The minimum absolute atomic E-state index is 0.149. The van der Waals surface area contributed by atoms with E-state index in [1.54, 1.807) is 6.08 Å². The molecule has 0 spiro atoms. The number of aliphatic hydroxyl groups is 11. The van der Waals surface area contributed by atoms with E-state index < -0.39 is 131 Å². The lowest BCUT2D eigenvalue weighted by atomic mass is 9.96. The molecule has 0 aliphatic carbocycles. The monoisotopic (exact) mass is 1320 g/mol. The van der Waals surface area contributed by atoms with E-state index in [2.05, 4.69) is 110 Å². The SMILES string of the molecule is CC/C=C\C/C=C\C/C=C\C/C=C\C/C=C\C/C=C\C/C=C\CCCC(=O)NC(COC1OC(CO)C(OC2OC(CO)C(OC3OC(CO)C(O)C(O)C3O)C(O)C2O)C(O)C1O)C(O)/C=C/CC/C=C/CCCCCCCCCCCCCCCCCCCCC. The average molecular weight is 1320 g/mol. The van der Waals surface area contributed by atoms with Crippen molar-refractivity contribution >= 4 is 5.91 Å². The Bertz CT molecular complexity index is 2110. The smallest absolute Gasteiger partial charge is 0.220 e. The van der Waals surface area contributed by atoms with Crippen LogP contribution in [-0.2, 0) is 33.2 Å². The van der Waals surface area contributed by atoms with E-state index in [0.717, 1.165) is 64.2 Å². The summed E-state index contributed by atoms with van der Waals surface area (Å²) in [5.74, 6) is -0.346. The molecule has 0 saturated carbocycles. The molecule has 12 N–H and O–H groups in total. The molecule has 3 fully saturated rings. The number of aliphatic hydroxyl groups excluding tert-OH is 11. The van der Waals surface area contributed by atoms with Gasteiger partial charge in [-0.1, -0.05) is 239 Å². The van der Waals surface area contributed by atoms with Crippen molar-refractivity contribution in [2.75, 3.05) is 26.4 Å². The van der Waals surface area contributed by atoms with Crippen molar-refractivity contribution in [1.82, 2.24) is 5.32 Å². The molecule has 0 bridgehead atoms. The van der Waals surface area contributed by atoms with Gasteiger partial charge in [-0.2, -0.15) is 0 Å². The third kappa shape index (κ3) is 36.0. The van der Waals surface area contributed by atoms with Gasteiger partial charge in [0.05, 0.1) is 38.6 Å². The number of hydrogen-bond donors (Lipinski definition) is 12. The van der Waals surface area contributed by atoms with Crippen molar-refractivity contribution in [2.45, 2.75) is 324 Å². The van der Waals surface area contributed by atoms with Gasteiger partial charge in [-0.15, -0.1) is 0 Å². The van der Waals surface area contributed by atoms with Crippen LogP contribution in [0.15, 0.2) is 109 Å². The summed E-state index contributed by atoms with van der Waals surface area (Å²) in [4.78, 5) is 13.4. The predicted molar refractivity (Wildman–Crippen MR) is 364 cm³/mol. The van der Waals surface area contributed by atoms with Crippen LogP contribution in [0.25, 0.3) is 0 Å². The number of nitrogens with one attached hydrogen (secondary N) is 1. The zero-order valence-corrected chi connectivity index (χ0v) is 56.4. The third-order valence-electron chi connectivity index (χ3n) is 17.1. The number of ether oxygens (including phenoxy) is 6. The first-order chi connectivity index (χ1) is 45.3. The van der Waals surface area contributed by atoms with Gasteiger partial charge < -0.3 is 89.9 Å². The number of rotatable bonds is 53. The summed E-state index contributed by atoms with van der Waals surface area (Å²) >= 11 is 0. The Balaban J connectivity index is 1.47. The average Bonchev–Trinajstić information content (AvgIpc) is 0.814. The van der Waals surface area contributed by atoms with Crippen molar-refractivity contribution in [3.8, 4) is 0 Å². The molecule has 17 unspecified atom stereocenters. The van der Waals surface area contributed by atoms with E-state index in [1.807, 2.05) is 12.2 Å². The first kappa shape index (κ1) is 83.7. The van der Waals surface area contributed by atoms with Crippen LogP contribution >= 0.6 is 0 Å². The molecule has 534 valence electrons. The van der Waals surface area contributed by atoms with Crippen LogP contribution in [0.1, 0.15) is 219 Å². The molecular weight excluding hydrogens is 1190 g/mol. The van der Waals surface area contributed by atoms with Crippen LogP contribution in [0.4, 0.5) is 0 Å². The highest BCUT2D eigenvalue weighted by Gasteiger charge is 2.53. The first-order valence-corrected chi connectivity index (χ1v) is 35.6. The molecule has 0 radical (unpaired) electrons. The lowest BCUT2D eigenvalue weighted by molar-refractivity contribution is -0.379. The molecule has 3 saturated heterocycles. The number of amides is 1. The minimum atomic E-state index is -1.99. The topological polar surface area (TPSA) is 307 Å². The second-order valence-corrected chi connectivity index (χ2v) is 25.0. The summed E-state index contributed by atoms with van der Waals surface area (Å²) in [7, 11) is 0. The van der Waals surface area contributed by atoms with Crippen molar-refractivity contribution in [3.05, 3.63) is 109 Å². The number of hydrogen-bond acceptors (Lipinski definition) is 18. The Morgan fingerprint density at radius 3 is 1.20 bits per heavy atom. The molecule has 0 aromatic heterocycles. The van der Waals surface area contributed by atoms with Crippen molar-refractivity contribution in [3.63, 3.8) is 0 Å². The number of allylic oxidation sites excluding steroid dienone is 17. The summed E-state index contributed by atoms with van der Waals surface area (Å²) in [5.41, 5.74) is 0. The Morgan fingerprint density at radius 1 is 0.398 bits per heavy atom. The van der Waals surface area contributed by atoms with Crippen LogP contribution in [0, 0.1) is 0 Å². The number of carbonyl (C=O) groups is 1. The largest absolute Gasteiger partial charge is 0.394 e. The fourth-order valence-electron chi connectivity index (χ4n) is 11.3. The van der Waals surface area contributed by atoms with E-state index in [0.29, 0.717) is 19.3 Å². The van der Waals surface area contributed by atoms with Crippen LogP contribution in [0.2, 0.25) is 0 Å². The van der Waals surface area contributed by atoms with Gasteiger partial charge in [-0.25, -0.2) is 0 Å². The van der Waals surface area contributed by atoms with E-state index in [4.69, 9.17) is 28.4 Å². The number of carbonyl (C=O) groups excluding carboxylic acids is 1. The van der Waals surface area contributed by atoms with E-state index >= 15 is 0 Å². The van der Waals surface area contributed by atoms with E-state index in [-0.39, 0.29) is 12.3 Å². The molecule has 93 heavy (non-hydrogen) atoms. The Morgan fingerprint density at radius 2 is 0.753 bits per heavy atom. The van der Waals surface area contributed by atoms with Gasteiger partial charge >= 0.3 is 0 Å². The Hall–Kier alpha value is -3.55. The van der Waals surface area contributed by atoms with Crippen molar-refractivity contribution in [1.29, 1.82) is 0 Å². The van der Waals surface area contributed by atoms with Gasteiger partial charge in [0.1, 0.15) is 73.2 Å². The molecule has 3 aliphatic heterocycles. The van der Waals surface area contributed by atoms with Crippen LogP contribution < -0.4 is 5.32 Å². The predicted octanol–water partition coefficient (Wildman–Crippen LogP) is 9.83.